The van der Waals surface area contributed by atoms with Crippen molar-refractivity contribution in [3.63, 3.8) is 0 Å². The Bertz CT molecular complexity index is 1030. The van der Waals surface area contributed by atoms with Gasteiger partial charge in [0.25, 0.3) is 0 Å². The highest BCUT2D eigenvalue weighted by Gasteiger charge is 2.27. The summed E-state index contributed by atoms with van der Waals surface area (Å²) in [6.45, 7) is 4.77. The van der Waals surface area contributed by atoms with E-state index in [0.29, 0.717) is 32.8 Å². The van der Waals surface area contributed by atoms with Crippen molar-refractivity contribution in [1.82, 2.24) is 14.7 Å². The van der Waals surface area contributed by atoms with Crippen LogP contribution in [0.4, 0.5) is 0 Å². The van der Waals surface area contributed by atoms with Crippen LogP contribution in [0.2, 0.25) is 0 Å². The number of morpholine rings is 1. The van der Waals surface area contributed by atoms with Gasteiger partial charge in [0, 0.05) is 36.5 Å². The van der Waals surface area contributed by atoms with E-state index < -0.39 is 0 Å². The topological polar surface area (TPSA) is 65.8 Å². The largest absolute Gasteiger partial charge is 0.497 e. The van der Waals surface area contributed by atoms with Crippen LogP contribution in [0.15, 0.2) is 60.8 Å². The number of hydrogen-bond acceptors (Lipinski definition) is 6. The zero-order chi connectivity index (χ0) is 22.3. The third kappa shape index (κ3) is 5.18. The lowest BCUT2D eigenvalue weighted by Gasteiger charge is -2.35. The molecule has 2 heterocycles. The van der Waals surface area contributed by atoms with Crippen molar-refractivity contribution < 1.29 is 19.0 Å². The molecule has 1 fully saturated rings. The molecule has 3 aromatic rings. The van der Waals surface area contributed by atoms with Crippen molar-refractivity contribution in [3.05, 3.63) is 66.4 Å². The van der Waals surface area contributed by atoms with Gasteiger partial charge in [-0.3, -0.25) is 9.69 Å². The molecule has 7 heteroatoms. The molecule has 0 N–H and O–H groups in total. The summed E-state index contributed by atoms with van der Waals surface area (Å²) in [4.78, 5) is 14.4. The SMILES string of the molecule is CCOC(=O)CC1COCCN1Cc1cn(-c2ccccc2)nc1-c1cccc(OC)c1. The van der Waals surface area contributed by atoms with Crippen molar-refractivity contribution in [1.29, 1.82) is 0 Å². The summed E-state index contributed by atoms with van der Waals surface area (Å²) >= 11 is 0. The molecule has 1 aliphatic rings. The van der Waals surface area contributed by atoms with Gasteiger partial charge in [0.2, 0.25) is 0 Å². The third-order valence-corrected chi connectivity index (χ3v) is 5.58. The fourth-order valence-corrected chi connectivity index (χ4v) is 3.97. The standard InChI is InChI=1S/C25H29N3O4/c1-3-32-24(29)15-22-18-31-13-12-27(22)16-20-17-28(21-9-5-4-6-10-21)26-25(20)19-8-7-11-23(14-19)30-2/h4-11,14,17,22H,3,12-13,15-16,18H2,1-2H3. The molecule has 0 aliphatic carbocycles. The summed E-state index contributed by atoms with van der Waals surface area (Å²) in [6, 6.07) is 18.0. The molecule has 7 nitrogen and oxygen atoms in total. The molecular formula is C25H29N3O4. The number of hydrogen-bond donors (Lipinski definition) is 0. The van der Waals surface area contributed by atoms with Gasteiger partial charge in [0.1, 0.15) is 5.75 Å². The number of esters is 1. The molecule has 1 aromatic heterocycles. The van der Waals surface area contributed by atoms with E-state index in [9.17, 15) is 4.79 Å². The second-order valence-electron chi connectivity index (χ2n) is 7.72. The lowest BCUT2D eigenvalue weighted by Crippen LogP contribution is -2.46. The van der Waals surface area contributed by atoms with Gasteiger partial charge in [-0.1, -0.05) is 30.3 Å². The van der Waals surface area contributed by atoms with E-state index >= 15 is 0 Å². The van der Waals surface area contributed by atoms with Crippen LogP contribution in [0.1, 0.15) is 18.9 Å². The number of nitrogens with zero attached hydrogens (tertiary/aromatic N) is 3. The Labute approximate surface area is 188 Å². The Balaban J connectivity index is 1.66. The van der Waals surface area contributed by atoms with Crippen LogP contribution in [0, 0.1) is 0 Å². The molecule has 1 aliphatic heterocycles. The molecule has 4 rings (SSSR count). The minimum absolute atomic E-state index is 0.0268. The van der Waals surface area contributed by atoms with Gasteiger partial charge >= 0.3 is 5.97 Å². The monoisotopic (exact) mass is 435 g/mol. The van der Waals surface area contributed by atoms with Crippen molar-refractivity contribution >= 4 is 5.97 Å². The van der Waals surface area contributed by atoms with E-state index in [2.05, 4.69) is 11.1 Å². The molecule has 1 saturated heterocycles. The van der Waals surface area contributed by atoms with E-state index in [1.54, 1.807) is 7.11 Å². The van der Waals surface area contributed by atoms with Crippen LogP contribution >= 0.6 is 0 Å². The second kappa shape index (κ2) is 10.4. The summed E-state index contributed by atoms with van der Waals surface area (Å²) < 4.78 is 18.2. The number of methoxy groups -OCH3 is 1. The predicted molar refractivity (Wildman–Crippen MR) is 122 cm³/mol. The fourth-order valence-electron chi connectivity index (χ4n) is 3.97. The summed E-state index contributed by atoms with van der Waals surface area (Å²) in [5.41, 5.74) is 3.96. The van der Waals surface area contributed by atoms with Gasteiger partial charge in [-0.25, -0.2) is 4.68 Å². The average molecular weight is 436 g/mol. The highest BCUT2D eigenvalue weighted by Crippen LogP contribution is 2.29. The van der Waals surface area contributed by atoms with Crippen LogP contribution in [-0.4, -0.2) is 60.2 Å². The molecule has 1 unspecified atom stereocenters. The van der Waals surface area contributed by atoms with Crippen LogP contribution in [0.5, 0.6) is 5.75 Å². The first-order valence-corrected chi connectivity index (χ1v) is 10.9. The van der Waals surface area contributed by atoms with Gasteiger partial charge in [0.15, 0.2) is 0 Å². The summed E-state index contributed by atoms with van der Waals surface area (Å²) in [6.07, 6.45) is 2.39. The van der Waals surface area contributed by atoms with Crippen molar-refractivity contribution in [2.24, 2.45) is 0 Å². The summed E-state index contributed by atoms with van der Waals surface area (Å²) in [5.74, 6) is 0.593. The Hall–Kier alpha value is -3.16. The molecule has 32 heavy (non-hydrogen) atoms. The Morgan fingerprint density at radius 1 is 1.19 bits per heavy atom. The van der Waals surface area contributed by atoms with E-state index in [1.165, 1.54) is 0 Å². The van der Waals surface area contributed by atoms with E-state index in [1.807, 2.05) is 66.2 Å². The van der Waals surface area contributed by atoms with Crippen LogP contribution in [0.25, 0.3) is 16.9 Å². The highest BCUT2D eigenvalue weighted by atomic mass is 16.5. The van der Waals surface area contributed by atoms with E-state index in [4.69, 9.17) is 19.3 Å². The number of aromatic nitrogens is 2. The fraction of sp³-hybridized carbons (Fsp3) is 0.360. The zero-order valence-electron chi connectivity index (χ0n) is 18.6. The third-order valence-electron chi connectivity index (χ3n) is 5.58. The van der Waals surface area contributed by atoms with Crippen LogP contribution < -0.4 is 4.74 Å². The first kappa shape index (κ1) is 22.0. The number of rotatable bonds is 8. The van der Waals surface area contributed by atoms with Crippen LogP contribution in [0.3, 0.4) is 0 Å². The molecule has 1 atom stereocenters. The molecule has 0 saturated carbocycles. The molecule has 0 bridgehead atoms. The lowest BCUT2D eigenvalue weighted by atomic mass is 10.1. The summed E-state index contributed by atoms with van der Waals surface area (Å²) in [7, 11) is 1.66. The number of ether oxygens (including phenoxy) is 3. The van der Waals surface area contributed by atoms with Gasteiger partial charge in [-0.15, -0.1) is 0 Å². The Kier molecular flexibility index (Phi) is 7.19. The summed E-state index contributed by atoms with van der Waals surface area (Å²) in [5, 5.41) is 4.92. The first-order valence-electron chi connectivity index (χ1n) is 10.9. The second-order valence-corrected chi connectivity index (χ2v) is 7.72. The van der Waals surface area contributed by atoms with Gasteiger partial charge in [-0.05, 0) is 31.2 Å². The first-order chi connectivity index (χ1) is 15.7. The maximum absolute atomic E-state index is 12.1. The van der Waals surface area contributed by atoms with Gasteiger partial charge < -0.3 is 14.2 Å². The van der Waals surface area contributed by atoms with E-state index in [0.717, 1.165) is 34.8 Å². The van der Waals surface area contributed by atoms with Crippen LogP contribution in [-0.2, 0) is 20.8 Å². The smallest absolute Gasteiger partial charge is 0.307 e. The normalized spacial score (nSPS) is 16.6. The molecule has 0 amide bonds. The molecule has 0 radical (unpaired) electrons. The Morgan fingerprint density at radius 3 is 2.81 bits per heavy atom. The minimum Gasteiger partial charge on any atom is -0.497 e. The highest BCUT2D eigenvalue weighted by molar-refractivity contribution is 5.70. The van der Waals surface area contributed by atoms with Crippen molar-refractivity contribution in [2.45, 2.75) is 25.9 Å². The molecule has 2 aromatic carbocycles. The van der Waals surface area contributed by atoms with Gasteiger partial charge in [-0.2, -0.15) is 5.10 Å². The predicted octanol–water partition coefficient (Wildman–Crippen LogP) is 3.70. The number of carbonyl (C=O) groups is 1. The number of benzene rings is 2. The van der Waals surface area contributed by atoms with Crippen molar-refractivity contribution in [3.8, 4) is 22.7 Å². The number of para-hydroxylation sites is 1. The minimum atomic E-state index is -0.194. The maximum atomic E-state index is 12.1. The Morgan fingerprint density at radius 2 is 2.03 bits per heavy atom. The molecular weight excluding hydrogens is 406 g/mol. The van der Waals surface area contributed by atoms with Crippen molar-refractivity contribution in [2.75, 3.05) is 33.5 Å². The van der Waals surface area contributed by atoms with E-state index in [-0.39, 0.29) is 12.0 Å². The van der Waals surface area contributed by atoms with Gasteiger partial charge in [0.05, 0.1) is 44.7 Å². The number of carbonyl (C=O) groups excluding carboxylic acids is 1. The molecule has 168 valence electrons. The lowest BCUT2D eigenvalue weighted by molar-refractivity contribution is -0.146. The molecule has 0 spiro atoms. The maximum Gasteiger partial charge on any atom is 0.307 e. The zero-order valence-corrected chi connectivity index (χ0v) is 18.6. The quantitative estimate of drug-likeness (QED) is 0.503. The average Bonchev–Trinajstić information content (AvgIpc) is 3.25.